The number of aryl methyl sites for hydroxylation is 2. The largest absolute Gasteiger partial charge is 0.303 e. The lowest BCUT2D eigenvalue weighted by Crippen LogP contribution is -2.32. The lowest BCUT2D eigenvalue weighted by atomic mass is 9.90. The first-order valence-electron chi connectivity index (χ1n) is 9.03. The second-order valence-corrected chi connectivity index (χ2v) is 8.02. The van der Waals surface area contributed by atoms with E-state index in [0.29, 0.717) is 0 Å². The summed E-state index contributed by atoms with van der Waals surface area (Å²) in [5, 5.41) is 4.72. The Morgan fingerprint density at radius 3 is 2.85 bits per heavy atom. The first-order valence-corrected chi connectivity index (χ1v) is 9.91. The Balaban J connectivity index is 1.84. The number of benzene rings is 2. The van der Waals surface area contributed by atoms with Crippen LogP contribution in [0.2, 0.25) is 0 Å². The fourth-order valence-corrected chi connectivity index (χ4v) is 5.42. The summed E-state index contributed by atoms with van der Waals surface area (Å²) >= 11 is 1.76. The zero-order chi connectivity index (χ0) is 18.1. The maximum absolute atomic E-state index is 4.60. The SMILES string of the molecule is Cc1c(-c2c3sccc3nc[n+]2C)c2c(c3ccccc13)-n1ccnc1C2. The van der Waals surface area contributed by atoms with Gasteiger partial charge in [0.1, 0.15) is 10.5 Å². The Hall–Kier alpha value is -3.05. The normalized spacial score (nSPS) is 12.7. The second-order valence-electron chi connectivity index (χ2n) is 7.10. The predicted octanol–water partition coefficient (Wildman–Crippen LogP) is 4.34. The Morgan fingerprint density at radius 1 is 1.11 bits per heavy atom. The molecule has 0 radical (unpaired) electrons. The summed E-state index contributed by atoms with van der Waals surface area (Å²) in [4.78, 5) is 9.20. The number of hydrogen-bond acceptors (Lipinski definition) is 3. The molecule has 1 aliphatic heterocycles. The third-order valence-corrected chi connectivity index (χ3v) is 6.57. The van der Waals surface area contributed by atoms with Gasteiger partial charge in [-0.3, -0.25) is 0 Å². The molecular weight excluding hydrogens is 352 g/mol. The molecule has 4 heterocycles. The molecule has 0 bridgehead atoms. The van der Waals surface area contributed by atoms with Crippen LogP contribution in [0.15, 0.2) is 54.4 Å². The lowest BCUT2D eigenvalue weighted by molar-refractivity contribution is -0.662. The van der Waals surface area contributed by atoms with E-state index in [1.807, 2.05) is 12.5 Å². The van der Waals surface area contributed by atoms with Crippen LogP contribution in [0.5, 0.6) is 0 Å². The molecule has 6 rings (SSSR count). The maximum Gasteiger partial charge on any atom is 0.287 e. The molecule has 4 nitrogen and oxygen atoms in total. The molecule has 1 aliphatic rings. The fourth-order valence-electron chi connectivity index (χ4n) is 4.49. The van der Waals surface area contributed by atoms with Crippen molar-refractivity contribution in [1.82, 2.24) is 14.5 Å². The van der Waals surface area contributed by atoms with Gasteiger partial charge in [-0.05, 0) is 33.8 Å². The van der Waals surface area contributed by atoms with Crippen molar-refractivity contribution in [2.45, 2.75) is 13.3 Å². The highest BCUT2D eigenvalue weighted by Gasteiger charge is 2.30. The summed E-state index contributed by atoms with van der Waals surface area (Å²) in [6.45, 7) is 2.25. The molecule has 5 heteroatoms. The molecule has 0 atom stereocenters. The summed E-state index contributed by atoms with van der Waals surface area (Å²) in [7, 11) is 2.09. The predicted molar refractivity (Wildman–Crippen MR) is 108 cm³/mol. The van der Waals surface area contributed by atoms with E-state index >= 15 is 0 Å². The molecule has 27 heavy (non-hydrogen) atoms. The fraction of sp³-hybridized carbons (Fsp3) is 0.136. The van der Waals surface area contributed by atoms with E-state index in [-0.39, 0.29) is 0 Å². The summed E-state index contributed by atoms with van der Waals surface area (Å²) in [6.07, 6.45) is 6.77. The number of nitrogens with zero attached hydrogens (tertiary/aromatic N) is 4. The van der Waals surface area contributed by atoms with Crippen LogP contribution in [0.4, 0.5) is 0 Å². The monoisotopic (exact) mass is 369 g/mol. The van der Waals surface area contributed by atoms with E-state index < -0.39 is 0 Å². The van der Waals surface area contributed by atoms with E-state index in [4.69, 9.17) is 0 Å². The van der Waals surface area contributed by atoms with E-state index in [1.54, 1.807) is 11.3 Å². The second kappa shape index (κ2) is 5.24. The van der Waals surface area contributed by atoms with Crippen LogP contribution >= 0.6 is 11.3 Å². The zero-order valence-corrected chi connectivity index (χ0v) is 15.9. The molecule has 0 aliphatic carbocycles. The number of thiophene rings is 1. The van der Waals surface area contributed by atoms with Gasteiger partial charge in [0.2, 0.25) is 0 Å². The first kappa shape index (κ1) is 15.1. The van der Waals surface area contributed by atoms with Gasteiger partial charge >= 0.3 is 0 Å². The van der Waals surface area contributed by atoms with Crippen molar-refractivity contribution in [2.75, 3.05) is 0 Å². The highest BCUT2D eigenvalue weighted by molar-refractivity contribution is 7.17. The van der Waals surface area contributed by atoms with Crippen LogP contribution < -0.4 is 4.57 Å². The Morgan fingerprint density at radius 2 is 1.96 bits per heavy atom. The maximum atomic E-state index is 4.60. The van der Waals surface area contributed by atoms with Gasteiger partial charge in [-0.1, -0.05) is 24.3 Å². The molecule has 2 aromatic carbocycles. The van der Waals surface area contributed by atoms with Gasteiger partial charge in [0.15, 0.2) is 11.2 Å². The van der Waals surface area contributed by atoms with Gasteiger partial charge in [0.05, 0.1) is 12.7 Å². The number of imidazole rings is 1. The number of fused-ring (bicyclic) bond motifs is 6. The van der Waals surface area contributed by atoms with E-state index in [0.717, 1.165) is 17.8 Å². The Labute approximate surface area is 160 Å². The van der Waals surface area contributed by atoms with Crippen LogP contribution in [0.3, 0.4) is 0 Å². The third-order valence-electron chi connectivity index (χ3n) is 5.66. The van der Waals surface area contributed by atoms with Crippen molar-refractivity contribution in [1.29, 1.82) is 0 Å². The molecule has 3 aromatic heterocycles. The summed E-state index contributed by atoms with van der Waals surface area (Å²) in [5.74, 6) is 1.11. The molecule has 0 fully saturated rings. The van der Waals surface area contributed by atoms with Crippen molar-refractivity contribution in [3.8, 4) is 16.9 Å². The van der Waals surface area contributed by atoms with Crippen molar-refractivity contribution in [3.63, 3.8) is 0 Å². The van der Waals surface area contributed by atoms with E-state index in [1.165, 1.54) is 43.5 Å². The van der Waals surface area contributed by atoms with Crippen LogP contribution in [0.1, 0.15) is 17.0 Å². The molecular formula is C22H17N4S+. The average Bonchev–Trinajstić information content (AvgIpc) is 3.38. The average molecular weight is 369 g/mol. The zero-order valence-electron chi connectivity index (χ0n) is 15.1. The van der Waals surface area contributed by atoms with Crippen LogP contribution in [0, 0.1) is 6.92 Å². The number of aromatic nitrogens is 4. The Kier molecular flexibility index (Phi) is 2.92. The molecule has 0 amide bonds. The summed E-state index contributed by atoms with van der Waals surface area (Å²) < 4.78 is 5.66. The van der Waals surface area contributed by atoms with Crippen LogP contribution in [-0.4, -0.2) is 14.5 Å². The summed E-state index contributed by atoms with van der Waals surface area (Å²) in [6, 6.07) is 10.8. The molecule has 0 saturated heterocycles. The van der Waals surface area contributed by atoms with Gasteiger partial charge in [-0.15, -0.1) is 11.3 Å². The number of hydrogen-bond donors (Lipinski definition) is 0. The molecule has 5 aromatic rings. The lowest BCUT2D eigenvalue weighted by Gasteiger charge is -2.17. The molecule has 130 valence electrons. The van der Waals surface area contributed by atoms with Gasteiger partial charge in [0.25, 0.3) is 6.33 Å². The highest BCUT2D eigenvalue weighted by Crippen LogP contribution is 2.44. The van der Waals surface area contributed by atoms with Crippen LogP contribution in [-0.2, 0) is 13.5 Å². The van der Waals surface area contributed by atoms with Crippen molar-refractivity contribution in [3.05, 3.63) is 71.4 Å². The summed E-state index contributed by atoms with van der Waals surface area (Å²) in [5.41, 5.74) is 7.61. The molecule has 0 spiro atoms. The van der Waals surface area contributed by atoms with Crippen molar-refractivity contribution >= 4 is 32.3 Å². The van der Waals surface area contributed by atoms with E-state index in [9.17, 15) is 0 Å². The van der Waals surface area contributed by atoms with Gasteiger partial charge in [-0.2, -0.15) is 0 Å². The van der Waals surface area contributed by atoms with Gasteiger partial charge < -0.3 is 4.57 Å². The Bertz CT molecular complexity index is 1380. The molecule has 0 N–H and O–H groups in total. The highest BCUT2D eigenvalue weighted by atomic mass is 32.1. The molecule has 0 unspecified atom stereocenters. The van der Waals surface area contributed by atoms with Gasteiger partial charge in [-0.25, -0.2) is 9.55 Å². The minimum atomic E-state index is 0.860. The van der Waals surface area contributed by atoms with E-state index in [2.05, 4.69) is 75.0 Å². The van der Waals surface area contributed by atoms with Crippen molar-refractivity contribution < 1.29 is 4.57 Å². The molecule has 0 saturated carbocycles. The number of rotatable bonds is 1. The standard InChI is InChI=1S/C22H17N4S/c1-13-14-5-3-4-6-15(14)20-16(11-18-23-8-9-26(18)20)19(13)21-22-17(7-10-27-22)24-12-25(21)2/h3-10,12H,11H2,1-2H3/q+1. The topological polar surface area (TPSA) is 34.6 Å². The van der Waals surface area contributed by atoms with Crippen molar-refractivity contribution in [2.24, 2.45) is 7.05 Å². The quantitative estimate of drug-likeness (QED) is 0.404. The minimum absolute atomic E-state index is 0.860. The minimum Gasteiger partial charge on any atom is -0.303 e. The smallest absolute Gasteiger partial charge is 0.287 e. The van der Waals surface area contributed by atoms with Crippen LogP contribution in [0.25, 0.3) is 37.9 Å². The van der Waals surface area contributed by atoms with Gasteiger partial charge in [0, 0.05) is 35.8 Å². The third kappa shape index (κ3) is 1.89. The first-order chi connectivity index (χ1) is 13.2.